The minimum Gasteiger partial charge on any atom is -0.330 e. The summed E-state index contributed by atoms with van der Waals surface area (Å²) in [6.07, 6.45) is 12.7. The fourth-order valence-electron chi connectivity index (χ4n) is 2.29. The van der Waals surface area contributed by atoms with Crippen molar-refractivity contribution < 1.29 is 0 Å². The number of nitrogens with two attached hydrogens (primary N) is 2. The summed E-state index contributed by atoms with van der Waals surface area (Å²) in [5.41, 5.74) is 11.0. The van der Waals surface area contributed by atoms with Crippen molar-refractivity contribution in [3.63, 3.8) is 0 Å². The topological polar surface area (TPSA) is 52.0 Å². The molecule has 2 nitrogen and oxygen atoms in total. The van der Waals surface area contributed by atoms with Gasteiger partial charge in [0, 0.05) is 9.75 Å². The average molecular weight is 282 g/mol. The molecule has 1 rings (SSSR count). The van der Waals surface area contributed by atoms with Crippen LogP contribution in [0.5, 0.6) is 0 Å². The molecule has 3 heteroatoms. The molecule has 0 atom stereocenters. The molecule has 1 aromatic heterocycles. The molecule has 19 heavy (non-hydrogen) atoms. The number of hydrogen-bond acceptors (Lipinski definition) is 3. The van der Waals surface area contributed by atoms with Gasteiger partial charge in [0.1, 0.15) is 0 Å². The minimum absolute atomic E-state index is 0.841. The van der Waals surface area contributed by atoms with Crippen molar-refractivity contribution in [2.75, 3.05) is 13.1 Å². The Morgan fingerprint density at radius 1 is 0.632 bits per heavy atom. The van der Waals surface area contributed by atoms with Gasteiger partial charge in [0.15, 0.2) is 0 Å². The SMILES string of the molecule is NCCCCCCc1ccc(CCCCCCN)s1. The first kappa shape index (κ1) is 16.7. The van der Waals surface area contributed by atoms with Crippen LogP contribution >= 0.6 is 11.3 Å². The van der Waals surface area contributed by atoms with Gasteiger partial charge >= 0.3 is 0 Å². The molecule has 0 aliphatic carbocycles. The highest BCUT2D eigenvalue weighted by molar-refractivity contribution is 7.11. The van der Waals surface area contributed by atoms with E-state index in [0.717, 1.165) is 13.1 Å². The van der Waals surface area contributed by atoms with E-state index in [0.29, 0.717) is 0 Å². The highest BCUT2D eigenvalue weighted by Gasteiger charge is 2.00. The lowest BCUT2D eigenvalue weighted by Crippen LogP contribution is -1.97. The molecule has 1 heterocycles. The summed E-state index contributed by atoms with van der Waals surface area (Å²) < 4.78 is 0. The third-order valence-corrected chi connectivity index (χ3v) is 4.68. The van der Waals surface area contributed by atoms with Crippen molar-refractivity contribution in [1.29, 1.82) is 0 Å². The Morgan fingerprint density at radius 2 is 1.05 bits per heavy atom. The first-order valence-electron chi connectivity index (χ1n) is 7.84. The summed E-state index contributed by atoms with van der Waals surface area (Å²) in [6.45, 7) is 1.68. The Bertz CT molecular complexity index is 281. The largest absolute Gasteiger partial charge is 0.330 e. The molecule has 0 unspecified atom stereocenters. The lowest BCUT2D eigenvalue weighted by atomic mass is 10.1. The number of aryl methyl sites for hydroxylation is 2. The average Bonchev–Trinajstić information content (AvgIpc) is 2.86. The predicted octanol–water partition coefficient (Wildman–Crippen LogP) is 3.87. The van der Waals surface area contributed by atoms with Crippen LogP contribution in [0.25, 0.3) is 0 Å². The number of thiophene rings is 1. The summed E-state index contributed by atoms with van der Waals surface area (Å²) >= 11 is 2.01. The van der Waals surface area contributed by atoms with Crippen molar-refractivity contribution in [2.45, 2.75) is 64.2 Å². The maximum absolute atomic E-state index is 5.50. The van der Waals surface area contributed by atoms with Gasteiger partial charge in [0.25, 0.3) is 0 Å². The van der Waals surface area contributed by atoms with Crippen molar-refractivity contribution >= 4 is 11.3 Å². The second kappa shape index (κ2) is 11.4. The summed E-state index contributed by atoms with van der Waals surface area (Å²) in [5.74, 6) is 0. The predicted molar refractivity (Wildman–Crippen MR) is 86.8 cm³/mol. The zero-order chi connectivity index (χ0) is 13.8. The zero-order valence-corrected chi connectivity index (χ0v) is 13.0. The molecule has 0 spiro atoms. The summed E-state index contributed by atoms with van der Waals surface area (Å²) in [7, 11) is 0. The van der Waals surface area contributed by atoms with Gasteiger partial charge in [-0.15, -0.1) is 11.3 Å². The number of unbranched alkanes of at least 4 members (excludes halogenated alkanes) is 6. The van der Waals surface area contributed by atoms with Crippen LogP contribution in [0.3, 0.4) is 0 Å². The van der Waals surface area contributed by atoms with E-state index in [2.05, 4.69) is 12.1 Å². The van der Waals surface area contributed by atoms with E-state index in [4.69, 9.17) is 11.5 Å². The van der Waals surface area contributed by atoms with Gasteiger partial charge in [-0.1, -0.05) is 25.7 Å². The van der Waals surface area contributed by atoms with Crippen molar-refractivity contribution in [3.05, 3.63) is 21.9 Å². The maximum atomic E-state index is 5.50. The first-order valence-corrected chi connectivity index (χ1v) is 8.66. The van der Waals surface area contributed by atoms with E-state index in [1.165, 1.54) is 64.2 Å². The normalized spacial score (nSPS) is 11.1. The lowest BCUT2D eigenvalue weighted by molar-refractivity contribution is 0.649. The first-order chi connectivity index (χ1) is 9.36. The molecule has 0 saturated carbocycles. The Kier molecular flexibility index (Phi) is 10.0. The summed E-state index contributed by atoms with van der Waals surface area (Å²) in [4.78, 5) is 3.12. The van der Waals surface area contributed by atoms with Crippen LogP contribution in [0.15, 0.2) is 12.1 Å². The van der Waals surface area contributed by atoms with E-state index in [1.807, 2.05) is 11.3 Å². The molecular formula is C16H30N2S. The van der Waals surface area contributed by atoms with Gasteiger partial charge in [0.2, 0.25) is 0 Å². The maximum Gasteiger partial charge on any atom is 0.00481 e. The number of hydrogen-bond donors (Lipinski definition) is 2. The Hall–Kier alpha value is -0.380. The van der Waals surface area contributed by atoms with E-state index in [9.17, 15) is 0 Å². The highest BCUT2D eigenvalue weighted by Crippen LogP contribution is 2.21. The van der Waals surface area contributed by atoms with Crippen LogP contribution in [0.2, 0.25) is 0 Å². The smallest absolute Gasteiger partial charge is 0.00481 e. The van der Waals surface area contributed by atoms with Crippen LogP contribution in [0.4, 0.5) is 0 Å². The fourth-order valence-corrected chi connectivity index (χ4v) is 3.39. The monoisotopic (exact) mass is 282 g/mol. The molecule has 0 aromatic carbocycles. The summed E-state index contributed by atoms with van der Waals surface area (Å²) in [5, 5.41) is 0. The van der Waals surface area contributed by atoms with Crippen molar-refractivity contribution in [1.82, 2.24) is 0 Å². The molecule has 1 aromatic rings. The minimum atomic E-state index is 0.841. The van der Waals surface area contributed by atoms with Crippen LogP contribution in [0.1, 0.15) is 61.1 Å². The van der Waals surface area contributed by atoms with Crippen LogP contribution in [0, 0.1) is 0 Å². The standard InChI is InChI=1S/C16H30N2S/c17-13-7-3-1-5-9-15-11-12-16(19-15)10-6-2-4-8-14-18/h11-12H,1-10,13-14,17-18H2. The number of rotatable bonds is 12. The molecule has 0 bridgehead atoms. The van der Waals surface area contributed by atoms with E-state index in [1.54, 1.807) is 9.75 Å². The van der Waals surface area contributed by atoms with Crippen LogP contribution in [-0.4, -0.2) is 13.1 Å². The summed E-state index contributed by atoms with van der Waals surface area (Å²) in [6, 6.07) is 4.64. The Balaban J connectivity index is 2.07. The molecule has 0 saturated heterocycles. The van der Waals surface area contributed by atoms with Gasteiger partial charge < -0.3 is 11.5 Å². The zero-order valence-electron chi connectivity index (χ0n) is 12.2. The Morgan fingerprint density at radius 3 is 1.47 bits per heavy atom. The molecular weight excluding hydrogens is 252 g/mol. The lowest BCUT2D eigenvalue weighted by Gasteiger charge is -1.99. The van der Waals surface area contributed by atoms with Gasteiger partial charge in [-0.05, 0) is 63.7 Å². The van der Waals surface area contributed by atoms with E-state index < -0.39 is 0 Å². The second-order valence-corrected chi connectivity index (χ2v) is 6.53. The molecule has 0 radical (unpaired) electrons. The van der Waals surface area contributed by atoms with Gasteiger partial charge in [0.05, 0.1) is 0 Å². The van der Waals surface area contributed by atoms with E-state index in [-0.39, 0.29) is 0 Å². The van der Waals surface area contributed by atoms with Crippen LogP contribution in [-0.2, 0) is 12.8 Å². The fraction of sp³-hybridized carbons (Fsp3) is 0.750. The third kappa shape index (κ3) is 8.40. The van der Waals surface area contributed by atoms with E-state index >= 15 is 0 Å². The highest BCUT2D eigenvalue weighted by atomic mass is 32.1. The van der Waals surface area contributed by atoms with Gasteiger partial charge in [-0.2, -0.15) is 0 Å². The molecule has 0 aliphatic heterocycles. The molecule has 0 aliphatic rings. The van der Waals surface area contributed by atoms with Gasteiger partial charge in [-0.25, -0.2) is 0 Å². The molecule has 0 amide bonds. The third-order valence-electron chi connectivity index (χ3n) is 3.47. The quantitative estimate of drug-likeness (QED) is 0.572. The van der Waals surface area contributed by atoms with Gasteiger partial charge in [-0.3, -0.25) is 0 Å². The van der Waals surface area contributed by atoms with Crippen LogP contribution < -0.4 is 11.5 Å². The molecule has 0 fully saturated rings. The van der Waals surface area contributed by atoms with Crippen molar-refractivity contribution in [3.8, 4) is 0 Å². The van der Waals surface area contributed by atoms with Crippen molar-refractivity contribution in [2.24, 2.45) is 11.5 Å². The second-order valence-electron chi connectivity index (χ2n) is 5.27. The Labute approximate surface area is 122 Å². The molecule has 110 valence electrons. The molecule has 4 N–H and O–H groups in total.